The van der Waals surface area contributed by atoms with Crippen LogP contribution < -0.4 is 0 Å². The highest BCUT2D eigenvalue weighted by atomic mass is 19.4. The van der Waals surface area contributed by atoms with E-state index in [0.29, 0.717) is 12.8 Å². The van der Waals surface area contributed by atoms with Crippen molar-refractivity contribution < 1.29 is 18.0 Å². The molecule has 29 heavy (non-hydrogen) atoms. The molecule has 2 atom stereocenters. The van der Waals surface area contributed by atoms with Crippen LogP contribution in [0.4, 0.5) is 13.2 Å². The molecule has 2 aromatic rings. The summed E-state index contributed by atoms with van der Waals surface area (Å²) in [5, 5.41) is 4.79. The molecular formula is C21H27F3N4O. The Balaban J connectivity index is 1.63. The maximum Gasteiger partial charge on any atom is 0.391 e. The molecule has 0 radical (unpaired) electrons. The number of nitrogens with zero attached hydrogens (tertiary/aromatic N) is 4. The van der Waals surface area contributed by atoms with Crippen LogP contribution >= 0.6 is 0 Å². The van der Waals surface area contributed by atoms with Gasteiger partial charge in [0.15, 0.2) is 5.65 Å². The summed E-state index contributed by atoms with van der Waals surface area (Å²) in [6.45, 7) is 4.76. The van der Waals surface area contributed by atoms with Crippen LogP contribution in [0.2, 0.25) is 0 Å². The highest BCUT2D eigenvalue weighted by Gasteiger charge is 2.42. The van der Waals surface area contributed by atoms with Crippen LogP contribution in [0.3, 0.4) is 0 Å². The average Bonchev–Trinajstić information content (AvgIpc) is 3.11. The summed E-state index contributed by atoms with van der Waals surface area (Å²) in [5.41, 5.74) is 3.49. The zero-order valence-corrected chi connectivity index (χ0v) is 16.8. The minimum Gasteiger partial charge on any atom is -0.342 e. The molecule has 158 valence electrons. The van der Waals surface area contributed by atoms with Gasteiger partial charge in [0.25, 0.3) is 0 Å². The van der Waals surface area contributed by atoms with Crippen molar-refractivity contribution >= 4 is 12.1 Å². The molecule has 1 saturated heterocycles. The van der Waals surface area contributed by atoms with Crippen LogP contribution in [-0.2, 0) is 4.79 Å². The van der Waals surface area contributed by atoms with E-state index in [1.807, 2.05) is 28.5 Å². The van der Waals surface area contributed by atoms with Gasteiger partial charge in [-0.1, -0.05) is 0 Å². The predicted octanol–water partition coefficient (Wildman–Crippen LogP) is 4.60. The highest BCUT2D eigenvalue weighted by molar-refractivity contribution is 5.49. The zero-order chi connectivity index (χ0) is 20.8. The number of piperidine rings is 1. The molecule has 0 bridgehead atoms. The van der Waals surface area contributed by atoms with Gasteiger partial charge < -0.3 is 4.90 Å². The van der Waals surface area contributed by atoms with E-state index in [1.54, 1.807) is 0 Å². The standard InChI is InChI=1S/C21H27F3N4O/c1-13-10-19(17-4-3-9-27(12-29)14(17)2)28-20(25-13)11-18(26-28)15-5-7-16(8-6-15)21(22,23)24/h10-12,14-17H,3-9H2,1-2H3/t14-,15?,16?,17-/m1/s1. The van der Waals surface area contributed by atoms with Crippen molar-refractivity contribution in [1.29, 1.82) is 0 Å². The molecule has 3 heterocycles. The van der Waals surface area contributed by atoms with E-state index in [4.69, 9.17) is 5.10 Å². The summed E-state index contributed by atoms with van der Waals surface area (Å²) < 4.78 is 40.8. The first-order valence-corrected chi connectivity index (χ1v) is 10.4. The number of aryl methyl sites for hydroxylation is 1. The lowest BCUT2D eigenvalue weighted by atomic mass is 9.80. The third-order valence-electron chi connectivity index (χ3n) is 6.76. The number of likely N-dealkylation sites (tertiary alicyclic amines) is 1. The fourth-order valence-corrected chi connectivity index (χ4v) is 5.04. The Morgan fingerprint density at radius 2 is 1.86 bits per heavy atom. The van der Waals surface area contributed by atoms with Crippen molar-refractivity contribution in [2.75, 3.05) is 6.54 Å². The zero-order valence-electron chi connectivity index (χ0n) is 16.8. The smallest absolute Gasteiger partial charge is 0.342 e. The van der Waals surface area contributed by atoms with Crippen LogP contribution in [0.5, 0.6) is 0 Å². The second-order valence-corrected chi connectivity index (χ2v) is 8.58. The molecular weight excluding hydrogens is 381 g/mol. The van der Waals surface area contributed by atoms with Gasteiger partial charge in [0.2, 0.25) is 6.41 Å². The first kappa shape index (κ1) is 20.2. The molecule has 1 amide bonds. The molecule has 5 nitrogen and oxygen atoms in total. The van der Waals surface area contributed by atoms with Gasteiger partial charge in [0.1, 0.15) is 0 Å². The number of carbonyl (C=O) groups excluding carboxylic acids is 1. The topological polar surface area (TPSA) is 50.5 Å². The SMILES string of the molecule is Cc1cc([C@@H]2CCCN(C=O)[C@@H]2C)n2nc(C3CCC(C(F)(F)F)CC3)cc2n1. The Bertz CT molecular complexity index is 886. The average molecular weight is 408 g/mol. The van der Waals surface area contributed by atoms with Crippen molar-refractivity contribution in [3.8, 4) is 0 Å². The van der Waals surface area contributed by atoms with Crippen molar-refractivity contribution in [2.24, 2.45) is 5.92 Å². The molecule has 1 aliphatic heterocycles. The number of amides is 1. The number of carbonyl (C=O) groups is 1. The maximum absolute atomic E-state index is 13.0. The summed E-state index contributed by atoms with van der Waals surface area (Å²) in [4.78, 5) is 17.8. The molecule has 0 unspecified atom stereocenters. The minimum absolute atomic E-state index is 0.0405. The Hall–Kier alpha value is -2.12. The fraction of sp³-hybridized carbons (Fsp3) is 0.667. The van der Waals surface area contributed by atoms with E-state index in [1.165, 1.54) is 0 Å². The van der Waals surface area contributed by atoms with Crippen molar-refractivity contribution in [3.05, 3.63) is 29.2 Å². The van der Waals surface area contributed by atoms with Crippen molar-refractivity contribution in [1.82, 2.24) is 19.5 Å². The Kier molecular flexibility index (Phi) is 5.29. The quantitative estimate of drug-likeness (QED) is 0.698. The second-order valence-electron chi connectivity index (χ2n) is 8.58. The molecule has 0 N–H and O–H groups in total. The van der Waals surface area contributed by atoms with Crippen LogP contribution in [-0.4, -0.2) is 44.7 Å². The maximum atomic E-state index is 13.0. The minimum atomic E-state index is -4.10. The second kappa shape index (κ2) is 7.61. The summed E-state index contributed by atoms with van der Waals surface area (Å²) in [7, 11) is 0. The number of alkyl halides is 3. The van der Waals surface area contributed by atoms with E-state index < -0.39 is 12.1 Å². The molecule has 1 saturated carbocycles. The Labute approximate surface area is 168 Å². The van der Waals surface area contributed by atoms with Crippen LogP contribution in [0.15, 0.2) is 12.1 Å². The normalized spacial score (nSPS) is 28.7. The number of rotatable bonds is 3. The molecule has 2 fully saturated rings. The largest absolute Gasteiger partial charge is 0.391 e. The molecule has 0 aromatic carbocycles. The number of fused-ring (bicyclic) bond motifs is 1. The molecule has 1 aliphatic carbocycles. The Morgan fingerprint density at radius 1 is 1.14 bits per heavy atom. The number of halogens is 3. The van der Waals surface area contributed by atoms with Gasteiger partial charge in [-0.3, -0.25) is 4.79 Å². The van der Waals surface area contributed by atoms with Crippen LogP contribution in [0.25, 0.3) is 5.65 Å². The van der Waals surface area contributed by atoms with E-state index in [9.17, 15) is 18.0 Å². The third-order valence-corrected chi connectivity index (χ3v) is 6.76. The van der Waals surface area contributed by atoms with Gasteiger partial charge in [-0.2, -0.15) is 18.3 Å². The summed E-state index contributed by atoms with van der Waals surface area (Å²) in [6.07, 6.45) is 0.0436. The van der Waals surface area contributed by atoms with E-state index in [2.05, 4.69) is 11.9 Å². The van der Waals surface area contributed by atoms with Gasteiger partial charge in [0.05, 0.1) is 17.3 Å². The lowest BCUT2D eigenvalue weighted by Crippen LogP contribution is -2.41. The Morgan fingerprint density at radius 3 is 2.52 bits per heavy atom. The van der Waals surface area contributed by atoms with Crippen molar-refractivity contribution in [2.45, 2.75) is 76.4 Å². The van der Waals surface area contributed by atoms with E-state index in [-0.39, 0.29) is 30.7 Å². The lowest BCUT2D eigenvalue weighted by molar-refractivity contribution is -0.182. The molecule has 4 rings (SSSR count). The molecule has 0 spiro atoms. The molecule has 2 aliphatic rings. The van der Waals surface area contributed by atoms with Gasteiger partial charge in [-0.05, 0) is 58.4 Å². The van der Waals surface area contributed by atoms with Gasteiger partial charge in [-0.15, -0.1) is 0 Å². The molecule has 2 aromatic heterocycles. The van der Waals surface area contributed by atoms with Crippen LogP contribution in [0.1, 0.15) is 74.4 Å². The number of aromatic nitrogens is 3. The van der Waals surface area contributed by atoms with Crippen molar-refractivity contribution in [3.63, 3.8) is 0 Å². The molecule has 8 heteroatoms. The van der Waals surface area contributed by atoms with Gasteiger partial charge >= 0.3 is 6.18 Å². The lowest BCUT2D eigenvalue weighted by Gasteiger charge is -2.37. The fourth-order valence-electron chi connectivity index (χ4n) is 5.04. The summed E-state index contributed by atoms with van der Waals surface area (Å²) in [5.74, 6) is -0.991. The summed E-state index contributed by atoms with van der Waals surface area (Å²) >= 11 is 0. The number of hydrogen-bond donors (Lipinski definition) is 0. The first-order valence-electron chi connectivity index (χ1n) is 10.4. The third kappa shape index (κ3) is 3.85. The monoisotopic (exact) mass is 408 g/mol. The van der Waals surface area contributed by atoms with Gasteiger partial charge in [0, 0.05) is 36.2 Å². The van der Waals surface area contributed by atoms with Crippen LogP contribution in [0, 0.1) is 12.8 Å². The highest BCUT2D eigenvalue weighted by Crippen LogP contribution is 2.43. The first-order chi connectivity index (χ1) is 13.8. The van der Waals surface area contributed by atoms with E-state index in [0.717, 1.165) is 48.5 Å². The predicted molar refractivity (Wildman–Crippen MR) is 103 cm³/mol. The summed E-state index contributed by atoms with van der Waals surface area (Å²) in [6, 6.07) is 4.03. The van der Waals surface area contributed by atoms with E-state index >= 15 is 0 Å². The number of hydrogen-bond acceptors (Lipinski definition) is 3. The van der Waals surface area contributed by atoms with Gasteiger partial charge in [-0.25, -0.2) is 9.50 Å².